The summed E-state index contributed by atoms with van der Waals surface area (Å²) in [6, 6.07) is 4.73. The van der Waals surface area contributed by atoms with Crippen molar-refractivity contribution in [3.8, 4) is 0 Å². The second-order valence-corrected chi connectivity index (χ2v) is 6.44. The van der Waals surface area contributed by atoms with Gasteiger partial charge >= 0.3 is 0 Å². The summed E-state index contributed by atoms with van der Waals surface area (Å²) < 4.78 is 0. The van der Waals surface area contributed by atoms with E-state index in [4.69, 9.17) is 10.9 Å². The smallest absolute Gasteiger partial charge is 0.270 e. The Morgan fingerprint density at radius 2 is 2.29 bits per heavy atom. The highest BCUT2D eigenvalue weighted by Crippen LogP contribution is 2.32. The van der Waals surface area contributed by atoms with Gasteiger partial charge in [0.1, 0.15) is 0 Å². The molecule has 0 bridgehead atoms. The molecule has 1 aromatic rings. The van der Waals surface area contributed by atoms with Crippen molar-refractivity contribution in [2.24, 2.45) is 10.9 Å². The van der Waals surface area contributed by atoms with E-state index in [1.54, 1.807) is 6.07 Å². The maximum absolute atomic E-state index is 10.9. The zero-order valence-electron chi connectivity index (χ0n) is 11.9. The van der Waals surface area contributed by atoms with Gasteiger partial charge in [-0.25, -0.2) is 0 Å². The van der Waals surface area contributed by atoms with Crippen LogP contribution in [-0.2, 0) is 0 Å². The molecule has 1 aromatic carbocycles. The van der Waals surface area contributed by atoms with Crippen LogP contribution in [0.1, 0.15) is 19.4 Å². The van der Waals surface area contributed by atoms with Crippen molar-refractivity contribution in [2.45, 2.75) is 25.1 Å². The van der Waals surface area contributed by atoms with Crippen LogP contribution < -0.4 is 10.6 Å². The molecule has 2 atom stereocenters. The molecule has 1 heterocycles. The molecule has 2 rings (SSSR count). The largest absolute Gasteiger partial charge is 0.409 e. The number of oxime groups is 1. The molecule has 1 aliphatic heterocycles. The van der Waals surface area contributed by atoms with Gasteiger partial charge in [-0.1, -0.05) is 12.1 Å². The molecule has 0 aliphatic carbocycles. The predicted octanol–water partition coefficient (Wildman–Crippen LogP) is 2.02. The highest BCUT2D eigenvalue weighted by atomic mass is 32.2. The second kappa shape index (κ2) is 6.21. The molecule has 8 heteroatoms. The number of benzene rings is 1. The number of amidine groups is 1. The number of anilines is 1. The van der Waals surface area contributed by atoms with Crippen LogP contribution in [0.5, 0.6) is 0 Å². The number of non-ortho nitro benzene ring substituents is 1. The molecule has 0 saturated carbocycles. The lowest BCUT2D eigenvalue weighted by atomic mass is 10.1. The average molecular weight is 310 g/mol. The number of nitrogens with two attached hydrogens (primary N) is 1. The highest BCUT2D eigenvalue weighted by molar-refractivity contribution is 8.00. The third-order valence-electron chi connectivity index (χ3n) is 3.77. The number of nitro groups is 1. The molecule has 0 spiro atoms. The van der Waals surface area contributed by atoms with Crippen LogP contribution >= 0.6 is 11.8 Å². The lowest BCUT2D eigenvalue weighted by molar-refractivity contribution is -0.384. The molecule has 0 aromatic heterocycles. The molecule has 3 N–H and O–H groups in total. The molecule has 1 fully saturated rings. The fourth-order valence-corrected chi connectivity index (χ4v) is 3.52. The van der Waals surface area contributed by atoms with Crippen LogP contribution in [0.2, 0.25) is 0 Å². The van der Waals surface area contributed by atoms with E-state index in [0.717, 1.165) is 18.0 Å². The quantitative estimate of drug-likeness (QED) is 0.291. The normalized spacial score (nSPS) is 23.1. The van der Waals surface area contributed by atoms with Crippen LogP contribution in [0.25, 0.3) is 0 Å². The molecule has 1 aliphatic rings. The fraction of sp³-hybridized carbons (Fsp3) is 0.462. The summed E-state index contributed by atoms with van der Waals surface area (Å²) in [6.07, 6.45) is 0. The van der Waals surface area contributed by atoms with Crippen molar-refractivity contribution in [2.75, 3.05) is 17.2 Å². The Morgan fingerprint density at radius 3 is 2.90 bits per heavy atom. The lowest BCUT2D eigenvalue weighted by Gasteiger charge is -2.40. The minimum Gasteiger partial charge on any atom is -0.409 e. The molecular weight excluding hydrogens is 292 g/mol. The third-order valence-corrected chi connectivity index (χ3v) is 5.11. The van der Waals surface area contributed by atoms with E-state index < -0.39 is 4.92 Å². The maximum Gasteiger partial charge on any atom is 0.270 e. The Bertz CT molecular complexity index is 579. The van der Waals surface area contributed by atoms with Crippen LogP contribution in [0.4, 0.5) is 11.4 Å². The summed E-state index contributed by atoms with van der Waals surface area (Å²) in [6.45, 7) is 5.07. The van der Waals surface area contributed by atoms with Crippen LogP contribution in [-0.4, -0.2) is 39.6 Å². The van der Waals surface area contributed by atoms with Gasteiger partial charge in [0.15, 0.2) is 5.84 Å². The second-order valence-electron chi connectivity index (χ2n) is 4.95. The predicted molar refractivity (Wildman–Crippen MR) is 84.3 cm³/mol. The molecule has 2 unspecified atom stereocenters. The van der Waals surface area contributed by atoms with Crippen LogP contribution in [0, 0.1) is 10.1 Å². The number of nitrogens with zero attached hydrogens (tertiary/aromatic N) is 3. The summed E-state index contributed by atoms with van der Waals surface area (Å²) in [4.78, 5) is 12.6. The number of hydrogen-bond acceptors (Lipinski definition) is 6. The van der Waals surface area contributed by atoms with E-state index in [1.807, 2.05) is 11.8 Å². The summed E-state index contributed by atoms with van der Waals surface area (Å²) in [7, 11) is 0. The summed E-state index contributed by atoms with van der Waals surface area (Å²) in [5.41, 5.74) is 6.77. The Labute approximate surface area is 126 Å². The van der Waals surface area contributed by atoms with E-state index in [2.05, 4.69) is 23.9 Å². The molecule has 21 heavy (non-hydrogen) atoms. The first-order chi connectivity index (χ1) is 9.95. The van der Waals surface area contributed by atoms with Crippen molar-refractivity contribution in [1.82, 2.24) is 0 Å². The zero-order chi connectivity index (χ0) is 15.6. The summed E-state index contributed by atoms with van der Waals surface area (Å²) >= 11 is 1.89. The van der Waals surface area contributed by atoms with E-state index >= 15 is 0 Å². The Morgan fingerprint density at radius 1 is 1.57 bits per heavy atom. The lowest BCUT2D eigenvalue weighted by Crippen LogP contribution is -2.45. The Balaban J connectivity index is 2.49. The van der Waals surface area contributed by atoms with Crippen LogP contribution in [0.3, 0.4) is 0 Å². The van der Waals surface area contributed by atoms with E-state index in [1.165, 1.54) is 12.1 Å². The van der Waals surface area contributed by atoms with Gasteiger partial charge < -0.3 is 15.8 Å². The van der Waals surface area contributed by atoms with Crippen molar-refractivity contribution >= 4 is 29.0 Å². The molecule has 0 radical (unpaired) electrons. The zero-order valence-corrected chi connectivity index (χ0v) is 12.7. The molecule has 1 saturated heterocycles. The van der Waals surface area contributed by atoms with Gasteiger partial charge in [-0.2, -0.15) is 11.8 Å². The van der Waals surface area contributed by atoms with Crippen LogP contribution in [0.15, 0.2) is 23.4 Å². The van der Waals surface area contributed by atoms with Gasteiger partial charge in [0.2, 0.25) is 0 Å². The topological polar surface area (TPSA) is 105 Å². The molecular formula is C13H18N4O3S. The van der Waals surface area contributed by atoms with Crippen molar-refractivity contribution in [3.05, 3.63) is 33.9 Å². The van der Waals surface area contributed by atoms with Crippen molar-refractivity contribution < 1.29 is 10.1 Å². The first-order valence-electron chi connectivity index (χ1n) is 6.60. The maximum atomic E-state index is 10.9. The minimum atomic E-state index is -0.490. The van der Waals surface area contributed by atoms with Crippen molar-refractivity contribution in [1.29, 1.82) is 0 Å². The Hall–Kier alpha value is -1.96. The van der Waals surface area contributed by atoms with E-state index in [-0.39, 0.29) is 17.6 Å². The monoisotopic (exact) mass is 310 g/mol. The van der Waals surface area contributed by atoms with Gasteiger partial charge in [-0.05, 0) is 13.0 Å². The van der Waals surface area contributed by atoms with Gasteiger partial charge in [-0.3, -0.25) is 10.1 Å². The minimum absolute atomic E-state index is 0.0764. The first-order valence-corrected chi connectivity index (χ1v) is 7.65. The van der Waals surface area contributed by atoms with Gasteiger partial charge in [0.05, 0.1) is 10.5 Å². The number of thioether (sulfide) groups is 1. The highest BCUT2D eigenvalue weighted by Gasteiger charge is 2.28. The number of hydrogen-bond donors (Lipinski definition) is 2. The van der Waals surface area contributed by atoms with Gasteiger partial charge in [-0.15, -0.1) is 0 Å². The van der Waals surface area contributed by atoms with Crippen molar-refractivity contribution in [3.63, 3.8) is 0 Å². The van der Waals surface area contributed by atoms with E-state index in [0.29, 0.717) is 10.8 Å². The van der Waals surface area contributed by atoms with Gasteiger partial charge in [0, 0.05) is 41.4 Å². The molecule has 114 valence electrons. The SMILES string of the molecule is CC1SCCN(c2ccc([N+](=O)[O-])cc2/C(N)=N/O)C1C. The number of rotatable bonds is 3. The van der Waals surface area contributed by atoms with E-state index in [9.17, 15) is 10.1 Å². The Kier molecular flexibility index (Phi) is 4.56. The fourth-order valence-electron chi connectivity index (χ4n) is 2.42. The standard InChI is InChI=1S/C13H18N4O3S/c1-8-9(2)21-6-5-16(8)12-4-3-10(17(19)20)7-11(12)13(14)15-18/h3-4,7-9,18H,5-6H2,1-2H3,(H2,14,15). The third kappa shape index (κ3) is 3.05. The molecule has 7 nitrogen and oxygen atoms in total. The number of nitro benzene ring substituents is 1. The average Bonchev–Trinajstić information content (AvgIpc) is 2.48. The summed E-state index contributed by atoms with van der Waals surface area (Å²) in [5.74, 6) is 0.852. The van der Waals surface area contributed by atoms with Gasteiger partial charge in [0.25, 0.3) is 5.69 Å². The first kappa shape index (κ1) is 15.4. The summed E-state index contributed by atoms with van der Waals surface area (Å²) in [5, 5.41) is 23.3. The molecule has 0 amide bonds.